The number of rotatable bonds is 4. The minimum absolute atomic E-state index is 0. The summed E-state index contributed by atoms with van der Waals surface area (Å²) in [4.78, 5) is 4.27. The van der Waals surface area contributed by atoms with Crippen molar-refractivity contribution in [3.05, 3.63) is 34.5 Å². The van der Waals surface area contributed by atoms with Crippen molar-refractivity contribution in [2.45, 2.75) is 31.7 Å². The van der Waals surface area contributed by atoms with Gasteiger partial charge in [0.25, 0.3) is 0 Å². The van der Waals surface area contributed by atoms with Gasteiger partial charge >= 0.3 is 0 Å². The van der Waals surface area contributed by atoms with E-state index in [0.717, 1.165) is 25.3 Å². The molecule has 106 valence electrons. The average molecular weight is 391 g/mol. The third-order valence-electron chi connectivity index (χ3n) is 3.26. The van der Waals surface area contributed by atoms with Gasteiger partial charge in [0, 0.05) is 19.6 Å². The van der Waals surface area contributed by atoms with Crippen LogP contribution in [0, 0.1) is 0 Å². The zero-order valence-corrected chi connectivity index (χ0v) is 14.6. The fourth-order valence-corrected chi connectivity index (χ4v) is 2.83. The number of hydrogen-bond donors (Lipinski definition) is 2. The molecular weight excluding hydrogens is 369 g/mol. The number of nitrogens with zero attached hydrogens (tertiary/aromatic N) is 1. The highest BCUT2D eigenvalue weighted by Gasteiger charge is 2.12. The highest BCUT2D eigenvalue weighted by atomic mass is 127. The Morgan fingerprint density at radius 2 is 2.21 bits per heavy atom. The monoisotopic (exact) mass is 391 g/mol. The van der Waals surface area contributed by atoms with Crippen molar-refractivity contribution in [3.8, 4) is 0 Å². The van der Waals surface area contributed by atoms with E-state index in [0.29, 0.717) is 12.0 Å². The lowest BCUT2D eigenvalue weighted by molar-refractivity contribution is 0.622. The lowest BCUT2D eigenvalue weighted by atomic mass is 10.1. The number of guanidine groups is 1. The van der Waals surface area contributed by atoms with Crippen LogP contribution >= 0.6 is 35.3 Å². The normalized spacial score (nSPS) is 17.1. The number of hydrogen-bond acceptors (Lipinski definition) is 2. The maximum Gasteiger partial charge on any atom is 0.191 e. The van der Waals surface area contributed by atoms with Crippen LogP contribution in [0.5, 0.6) is 0 Å². The van der Waals surface area contributed by atoms with Gasteiger partial charge < -0.3 is 10.6 Å². The largest absolute Gasteiger partial charge is 0.356 e. The molecule has 0 saturated heterocycles. The van der Waals surface area contributed by atoms with Crippen LogP contribution in [0.1, 0.15) is 31.2 Å². The number of aliphatic imine (C=N–C) groups is 1. The van der Waals surface area contributed by atoms with Crippen molar-refractivity contribution < 1.29 is 0 Å². The Labute approximate surface area is 136 Å². The fourth-order valence-electron chi connectivity index (χ4n) is 2.05. The SMILES string of the molecule is CN=C(NCC(C)c1ccsc1)NC1CC=CC1.I. The van der Waals surface area contributed by atoms with Gasteiger partial charge in [-0.2, -0.15) is 11.3 Å². The summed E-state index contributed by atoms with van der Waals surface area (Å²) >= 11 is 1.75. The van der Waals surface area contributed by atoms with Gasteiger partial charge in [-0.1, -0.05) is 19.1 Å². The lowest BCUT2D eigenvalue weighted by Crippen LogP contribution is -2.43. The molecule has 0 radical (unpaired) electrons. The van der Waals surface area contributed by atoms with Crippen LogP contribution in [0.25, 0.3) is 0 Å². The molecule has 2 rings (SSSR count). The fraction of sp³-hybridized carbons (Fsp3) is 0.500. The van der Waals surface area contributed by atoms with E-state index >= 15 is 0 Å². The summed E-state index contributed by atoms with van der Waals surface area (Å²) in [5.74, 6) is 1.42. The zero-order valence-electron chi connectivity index (χ0n) is 11.4. The standard InChI is InChI=1S/C14H21N3S.HI/c1-11(12-7-8-18-10-12)9-16-14(15-2)17-13-5-3-4-6-13;/h3-4,7-8,10-11,13H,5-6,9H2,1-2H3,(H2,15,16,17);1H. The molecular formula is C14H22IN3S. The highest BCUT2D eigenvalue weighted by molar-refractivity contribution is 14.0. The van der Waals surface area contributed by atoms with Gasteiger partial charge in [-0.15, -0.1) is 24.0 Å². The molecule has 0 bridgehead atoms. The van der Waals surface area contributed by atoms with Gasteiger partial charge in [0.2, 0.25) is 0 Å². The van der Waals surface area contributed by atoms with Crippen molar-refractivity contribution in [2.24, 2.45) is 4.99 Å². The molecule has 0 aromatic carbocycles. The van der Waals surface area contributed by atoms with Crippen LogP contribution in [-0.2, 0) is 0 Å². The Kier molecular flexibility index (Phi) is 7.45. The molecule has 0 aliphatic heterocycles. The molecule has 0 fully saturated rings. The number of thiophene rings is 1. The van der Waals surface area contributed by atoms with E-state index < -0.39 is 0 Å². The Morgan fingerprint density at radius 1 is 1.47 bits per heavy atom. The Hall–Kier alpha value is -0.560. The van der Waals surface area contributed by atoms with E-state index in [2.05, 4.69) is 51.5 Å². The molecule has 1 atom stereocenters. The molecule has 1 unspecified atom stereocenters. The van der Waals surface area contributed by atoms with Crippen molar-refractivity contribution in [2.75, 3.05) is 13.6 Å². The van der Waals surface area contributed by atoms with Gasteiger partial charge in [-0.3, -0.25) is 4.99 Å². The molecule has 1 aromatic rings. The first-order chi connectivity index (χ1) is 8.79. The predicted octanol–water partition coefficient (Wildman–Crippen LogP) is 3.35. The highest BCUT2D eigenvalue weighted by Crippen LogP contribution is 2.17. The molecule has 19 heavy (non-hydrogen) atoms. The molecule has 0 spiro atoms. The van der Waals surface area contributed by atoms with Gasteiger partial charge in [0.1, 0.15) is 0 Å². The van der Waals surface area contributed by atoms with Crippen molar-refractivity contribution >= 4 is 41.3 Å². The zero-order chi connectivity index (χ0) is 12.8. The second-order valence-corrected chi connectivity index (χ2v) is 5.47. The summed E-state index contributed by atoms with van der Waals surface area (Å²) in [5, 5.41) is 11.2. The van der Waals surface area contributed by atoms with Crippen molar-refractivity contribution in [1.82, 2.24) is 10.6 Å². The summed E-state index contributed by atoms with van der Waals surface area (Å²) in [6.45, 7) is 3.15. The maximum absolute atomic E-state index is 4.27. The molecule has 3 nitrogen and oxygen atoms in total. The van der Waals surface area contributed by atoms with Crippen molar-refractivity contribution in [1.29, 1.82) is 0 Å². The first-order valence-corrected chi connectivity index (χ1v) is 7.38. The molecule has 2 N–H and O–H groups in total. The average Bonchev–Trinajstić information content (AvgIpc) is 3.06. The van der Waals surface area contributed by atoms with E-state index in [1.807, 2.05) is 7.05 Å². The smallest absolute Gasteiger partial charge is 0.191 e. The van der Waals surface area contributed by atoms with Crippen LogP contribution in [0.4, 0.5) is 0 Å². The molecule has 1 heterocycles. The van der Waals surface area contributed by atoms with Gasteiger partial charge in [0.15, 0.2) is 5.96 Å². The van der Waals surface area contributed by atoms with E-state index in [4.69, 9.17) is 0 Å². The second kappa shape index (κ2) is 8.58. The van der Waals surface area contributed by atoms with Crippen LogP contribution in [-0.4, -0.2) is 25.6 Å². The first kappa shape index (κ1) is 16.5. The second-order valence-electron chi connectivity index (χ2n) is 4.69. The molecule has 0 saturated carbocycles. The summed E-state index contributed by atoms with van der Waals surface area (Å²) < 4.78 is 0. The van der Waals surface area contributed by atoms with E-state index in [1.54, 1.807) is 11.3 Å². The predicted molar refractivity (Wildman–Crippen MR) is 94.8 cm³/mol. The van der Waals surface area contributed by atoms with E-state index in [-0.39, 0.29) is 24.0 Å². The molecule has 1 aliphatic carbocycles. The quantitative estimate of drug-likeness (QED) is 0.358. The summed E-state index contributed by atoms with van der Waals surface area (Å²) in [7, 11) is 1.83. The molecule has 0 amide bonds. The third kappa shape index (κ3) is 5.14. The first-order valence-electron chi connectivity index (χ1n) is 6.44. The molecule has 1 aromatic heterocycles. The molecule has 5 heteroatoms. The minimum atomic E-state index is 0. The van der Waals surface area contributed by atoms with Crippen LogP contribution in [0.15, 0.2) is 34.0 Å². The topological polar surface area (TPSA) is 36.4 Å². The van der Waals surface area contributed by atoms with Crippen molar-refractivity contribution in [3.63, 3.8) is 0 Å². The Morgan fingerprint density at radius 3 is 2.79 bits per heavy atom. The third-order valence-corrected chi connectivity index (χ3v) is 3.96. The summed E-state index contributed by atoms with van der Waals surface area (Å²) in [6.07, 6.45) is 6.64. The van der Waals surface area contributed by atoms with Crippen LogP contribution in [0.3, 0.4) is 0 Å². The summed E-state index contributed by atoms with van der Waals surface area (Å²) in [5.41, 5.74) is 1.39. The van der Waals surface area contributed by atoms with Gasteiger partial charge in [0.05, 0.1) is 0 Å². The van der Waals surface area contributed by atoms with E-state index in [9.17, 15) is 0 Å². The lowest BCUT2D eigenvalue weighted by Gasteiger charge is -2.19. The van der Waals surface area contributed by atoms with E-state index in [1.165, 1.54) is 5.56 Å². The summed E-state index contributed by atoms with van der Waals surface area (Å²) in [6, 6.07) is 2.70. The number of halogens is 1. The van der Waals surface area contributed by atoms with Crippen LogP contribution < -0.4 is 10.6 Å². The van der Waals surface area contributed by atoms with Crippen LogP contribution in [0.2, 0.25) is 0 Å². The Balaban J connectivity index is 0.00000180. The maximum atomic E-state index is 4.27. The minimum Gasteiger partial charge on any atom is -0.356 e. The van der Waals surface area contributed by atoms with Gasteiger partial charge in [-0.25, -0.2) is 0 Å². The van der Waals surface area contributed by atoms with Gasteiger partial charge in [-0.05, 0) is 41.1 Å². The number of nitrogens with one attached hydrogen (secondary N) is 2. The molecule has 1 aliphatic rings. The Bertz CT molecular complexity index is 406.